The number of rotatable bonds is 5. The van der Waals surface area contributed by atoms with Crippen LogP contribution in [0.1, 0.15) is 36.4 Å². The van der Waals surface area contributed by atoms with Crippen molar-refractivity contribution in [2.75, 3.05) is 6.54 Å². The molecule has 2 unspecified atom stereocenters. The Balaban J connectivity index is 2.45. The van der Waals surface area contributed by atoms with Crippen molar-refractivity contribution in [1.29, 1.82) is 0 Å². The number of carbonyl (C=O) groups excluding carboxylic acids is 1. The Bertz CT molecular complexity index is 346. The zero-order valence-electron chi connectivity index (χ0n) is 9.99. The molecule has 4 heteroatoms. The number of aryl methyl sites for hydroxylation is 1. The molecule has 1 aromatic heterocycles. The molecule has 0 aliphatic carbocycles. The average Bonchev–Trinajstić information content (AvgIpc) is 2.70. The highest BCUT2D eigenvalue weighted by Crippen LogP contribution is 2.09. The molecule has 0 fully saturated rings. The van der Waals surface area contributed by atoms with E-state index in [4.69, 9.17) is 4.42 Å². The summed E-state index contributed by atoms with van der Waals surface area (Å²) >= 11 is 0. The molecule has 0 spiro atoms. The number of furan rings is 1. The topological polar surface area (TPSA) is 62.5 Å². The monoisotopic (exact) mass is 225 g/mol. The van der Waals surface area contributed by atoms with Gasteiger partial charge in [0.15, 0.2) is 5.76 Å². The van der Waals surface area contributed by atoms with E-state index < -0.39 is 6.10 Å². The number of aliphatic hydroxyl groups excluding tert-OH is 1. The number of hydrogen-bond acceptors (Lipinski definition) is 3. The van der Waals surface area contributed by atoms with Crippen LogP contribution < -0.4 is 5.32 Å². The van der Waals surface area contributed by atoms with Crippen LogP contribution in [0.4, 0.5) is 0 Å². The smallest absolute Gasteiger partial charge is 0.287 e. The average molecular weight is 225 g/mol. The van der Waals surface area contributed by atoms with E-state index in [1.54, 1.807) is 6.07 Å². The lowest BCUT2D eigenvalue weighted by atomic mass is 10.0. The van der Waals surface area contributed by atoms with Crippen molar-refractivity contribution in [2.45, 2.75) is 33.3 Å². The van der Waals surface area contributed by atoms with Gasteiger partial charge in [0.1, 0.15) is 0 Å². The molecule has 0 aliphatic rings. The lowest BCUT2D eigenvalue weighted by Crippen LogP contribution is -2.35. The second-order valence-electron chi connectivity index (χ2n) is 4.10. The summed E-state index contributed by atoms with van der Waals surface area (Å²) in [5.74, 6) is 0.221. The molecular weight excluding hydrogens is 206 g/mol. The van der Waals surface area contributed by atoms with Crippen molar-refractivity contribution in [3.63, 3.8) is 0 Å². The van der Waals surface area contributed by atoms with Crippen LogP contribution in [0, 0.1) is 12.8 Å². The first-order valence-corrected chi connectivity index (χ1v) is 5.56. The first-order valence-electron chi connectivity index (χ1n) is 5.56. The van der Waals surface area contributed by atoms with E-state index in [0.29, 0.717) is 5.76 Å². The van der Waals surface area contributed by atoms with Crippen molar-refractivity contribution in [3.05, 3.63) is 23.7 Å². The van der Waals surface area contributed by atoms with Gasteiger partial charge in [0.25, 0.3) is 5.91 Å². The number of carbonyl (C=O) groups is 1. The zero-order valence-corrected chi connectivity index (χ0v) is 9.99. The predicted octanol–water partition coefficient (Wildman–Crippen LogP) is 1.72. The minimum absolute atomic E-state index is 0.179. The molecule has 1 aromatic rings. The van der Waals surface area contributed by atoms with Crippen LogP contribution in [-0.2, 0) is 0 Å². The molecule has 90 valence electrons. The van der Waals surface area contributed by atoms with Crippen molar-refractivity contribution >= 4 is 5.91 Å². The number of amides is 1. The Morgan fingerprint density at radius 3 is 2.81 bits per heavy atom. The van der Waals surface area contributed by atoms with E-state index in [0.717, 1.165) is 12.0 Å². The molecule has 4 nitrogen and oxygen atoms in total. The van der Waals surface area contributed by atoms with Crippen LogP contribution in [0.15, 0.2) is 16.7 Å². The first-order chi connectivity index (χ1) is 7.56. The summed E-state index contributed by atoms with van der Waals surface area (Å²) < 4.78 is 5.05. The molecule has 0 aromatic carbocycles. The van der Waals surface area contributed by atoms with Gasteiger partial charge in [-0.3, -0.25) is 4.79 Å². The Kier molecular flexibility index (Phi) is 4.55. The highest BCUT2D eigenvalue weighted by atomic mass is 16.3. The van der Waals surface area contributed by atoms with Crippen molar-refractivity contribution in [2.24, 2.45) is 5.92 Å². The fourth-order valence-corrected chi connectivity index (χ4v) is 1.36. The fraction of sp³-hybridized carbons (Fsp3) is 0.583. The SMILES string of the molecule is CCC(C)C(O)CNC(=O)c1occc1C. The van der Waals surface area contributed by atoms with Gasteiger partial charge in [0.05, 0.1) is 12.4 Å². The van der Waals surface area contributed by atoms with E-state index in [1.807, 2.05) is 20.8 Å². The molecule has 0 radical (unpaired) electrons. The number of nitrogens with one attached hydrogen (secondary N) is 1. The summed E-state index contributed by atoms with van der Waals surface area (Å²) in [6, 6.07) is 1.74. The quantitative estimate of drug-likeness (QED) is 0.802. The minimum Gasteiger partial charge on any atom is -0.459 e. The van der Waals surface area contributed by atoms with Gasteiger partial charge in [-0.2, -0.15) is 0 Å². The van der Waals surface area contributed by atoms with E-state index in [9.17, 15) is 9.90 Å². The van der Waals surface area contributed by atoms with Crippen LogP contribution in [-0.4, -0.2) is 23.7 Å². The van der Waals surface area contributed by atoms with Gasteiger partial charge in [0, 0.05) is 12.1 Å². The lowest BCUT2D eigenvalue weighted by molar-refractivity contribution is 0.0826. The molecule has 0 saturated carbocycles. The Labute approximate surface area is 95.7 Å². The normalized spacial score (nSPS) is 14.5. The van der Waals surface area contributed by atoms with Crippen LogP contribution in [0.3, 0.4) is 0 Å². The van der Waals surface area contributed by atoms with Gasteiger partial charge >= 0.3 is 0 Å². The molecule has 2 atom stereocenters. The third kappa shape index (κ3) is 3.10. The van der Waals surface area contributed by atoms with Crippen molar-refractivity contribution in [3.8, 4) is 0 Å². The predicted molar refractivity (Wildman–Crippen MR) is 61.2 cm³/mol. The Morgan fingerprint density at radius 2 is 2.31 bits per heavy atom. The summed E-state index contributed by atoms with van der Waals surface area (Å²) in [7, 11) is 0. The van der Waals surface area contributed by atoms with Gasteiger partial charge < -0.3 is 14.8 Å². The molecule has 0 aliphatic heterocycles. The van der Waals surface area contributed by atoms with E-state index in [2.05, 4.69) is 5.32 Å². The number of hydrogen-bond donors (Lipinski definition) is 2. The molecule has 2 N–H and O–H groups in total. The molecule has 1 amide bonds. The third-order valence-electron chi connectivity index (χ3n) is 2.84. The van der Waals surface area contributed by atoms with Crippen molar-refractivity contribution < 1.29 is 14.3 Å². The highest BCUT2D eigenvalue weighted by Gasteiger charge is 2.16. The van der Waals surface area contributed by atoms with Crippen LogP contribution in [0.5, 0.6) is 0 Å². The zero-order chi connectivity index (χ0) is 12.1. The van der Waals surface area contributed by atoms with E-state index >= 15 is 0 Å². The lowest BCUT2D eigenvalue weighted by Gasteiger charge is -2.17. The third-order valence-corrected chi connectivity index (χ3v) is 2.84. The number of aliphatic hydroxyl groups is 1. The maximum Gasteiger partial charge on any atom is 0.287 e. The van der Waals surface area contributed by atoms with Crippen molar-refractivity contribution in [1.82, 2.24) is 5.32 Å². The van der Waals surface area contributed by atoms with Gasteiger partial charge in [0.2, 0.25) is 0 Å². The van der Waals surface area contributed by atoms with E-state index in [1.165, 1.54) is 6.26 Å². The molecule has 0 bridgehead atoms. The van der Waals surface area contributed by atoms with Gasteiger partial charge in [-0.25, -0.2) is 0 Å². The minimum atomic E-state index is -0.510. The van der Waals surface area contributed by atoms with Gasteiger partial charge in [-0.15, -0.1) is 0 Å². The summed E-state index contributed by atoms with van der Waals surface area (Å²) in [5, 5.41) is 12.3. The second-order valence-corrected chi connectivity index (χ2v) is 4.10. The molecule has 1 rings (SSSR count). The summed E-state index contributed by atoms with van der Waals surface area (Å²) in [5.41, 5.74) is 0.801. The molecule has 1 heterocycles. The largest absolute Gasteiger partial charge is 0.459 e. The second kappa shape index (κ2) is 5.70. The Hall–Kier alpha value is -1.29. The standard InChI is InChI=1S/C12H19NO3/c1-4-8(2)10(14)7-13-12(15)11-9(3)5-6-16-11/h5-6,8,10,14H,4,7H2,1-3H3,(H,13,15). The Morgan fingerprint density at radius 1 is 1.62 bits per heavy atom. The van der Waals surface area contributed by atoms with E-state index in [-0.39, 0.29) is 18.4 Å². The molecule has 16 heavy (non-hydrogen) atoms. The van der Waals surface area contributed by atoms with Crippen LogP contribution in [0.2, 0.25) is 0 Å². The summed E-state index contributed by atoms with van der Waals surface area (Å²) in [6.07, 6.45) is 1.86. The van der Waals surface area contributed by atoms with Gasteiger partial charge in [-0.05, 0) is 18.9 Å². The molecule has 0 saturated heterocycles. The maximum absolute atomic E-state index is 11.6. The van der Waals surface area contributed by atoms with Crippen LogP contribution in [0.25, 0.3) is 0 Å². The summed E-state index contributed by atoms with van der Waals surface area (Å²) in [4.78, 5) is 11.6. The first kappa shape index (κ1) is 12.8. The molecular formula is C12H19NO3. The maximum atomic E-state index is 11.6. The summed E-state index contributed by atoms with van der Waals surface area (Å²) in [6.45, 7) is 6.03. The van der Waals surface area contributed by atoms with Gasteiger partial charge in [-0.1, -0.05) is 20.3 Å². The fourth-order valence-electron chi connectivity index (χ4n) is 1.36. The highest BCUT2D eigenvalue weighted by molar-refractivity contribution is 5.92. The van der Waals surface area contributed by atoms with Crippen LogP contribution >= 0.6 is 0 Å².